The summed E-state index contributed by atoms with van der Waals surface area (Å²) in [5.74, 6) is -1.02. The lowest BCUT2D eigenvalue weighted by Crippen LogP contribution is -2.50. The molecule has 20 heavy (non-hydrogen) atoms. The number of rotatable bonds is 3. The second kappa shape index (κ2) is 5.83. The summed E-state index contributed by atoms with van der Waals surface area (Å²) in [6, 6.07) is 0.415. The van der Waals surface area contributed by atoms with Gasteiger partial charge in [-0.1, -0.05) is 11.6 Å². The van der Waals surface area contributed by atoms with Crippen molar-refractivity contribution in [3.8, 4) is 0 Å². The predicted octanol–water partition coefficient (Wildman–Crippen LogP) is 0.652. The van der Waals surface area contributed by atoms with Gasteiger partial charge in [0.2, 0.25) is 5.91 Å². The Morgan fingerprint density at radius 1 is 1.60 bits per heavy atom. The van der Waals surface area contributed by atoms with Crippen LogP contribution < -0.4 is 10.6 Å². The molecule has 2 amide bonds. The summed E-state index contributed by atoms with van der Waals surface area (Å²) in [5, 5.41) is 15.9. The van der Waals surface area contributed by atoms with E-state index < -0.39 is 22.6 Å². The van der Waals surface area contributed by atoms with E-state index in [9.17, 15) is 19.7 Å². The van der Waals surface area contributed by atoms with Gasteiger partial charge in [-0.15, -0.1) is 0 Å². The smallest absolute Gasteiger partial charge is 0.300 e. The van der Waals surface area contributed by atoms with E-state index in [-0.39, 0.29) is 16.6 Å². The van der Waals surface area contributed by atoms with Gasteiger partial charge in [-0.2, -0.15) is 0 Å². The van der Waals surface area contributed by atoms with E-state index in [0.717, 1.165) is 18.7 Å². The minimum absolute atomic E-state index is 0.0335. The van der Waals surface area contributed by atoms with Crippen LogP contribution in [-0.4, -0.2) is 34.3 Å². The summed E-state index contributed by atoms with van der Waals surface area (Å²) in [6.07, 6.45) is 2.14. The molecule has 1 aromatic rings. The van der Waals surface area contributed by atoms with Crippen LogP contribution >= 0.6 is 11.6 Å². The van der Waals surface area contributed by atoms with Crippen molar-refractivity contribution < 1.29 is 14.5 Å². The van der Waals surface area contributed by atoms with Crippen LogP contribution in [0.25, 0.3) is 0 Å². The van der Waals surface area contributed by atoms with Gasteiger partial charge in [-0.05, 0) is 18.9 Å². The number of halogens is 1. The van der Waals surface area contributed by atoms with Crippen LogP contribution in [0.4, 0.5) is 5.69 Å². The number of nitrogens with one attached hydrogen (secondary N) is 2. The van der Waals surface area contributed by atoms with E-state index in [1.807, 2.05) is 0 Å². The van der Waals surface area contributed by atoms with Gasteiger partial charge in [0.05, 0.1) is 4.92 Å². The van der Waals surface area contributed by atoms with Crippen LogP contribution in [0.3, 0.4) is 0 Å². The van der Waals surface area contributed by atoms with Crippen molar-refractivity contribution in [1.82, 2.24) is 15.6 Å². The molecule has 1 saturated heterocycles. The van der Waals surface area contributed by atoms with Gasteiger partial charge in [0, 0.05) is 6.54 Å². The van der Waals surface area contributed by atoms with Crippen molar-refractivity contribution in [2.24, 2.45) is 0 Å². The van der Waals surface area contributed by atoms with E-state index in [4.69, 9.17) is 11.6 Å². The van der Waals surface area contributed by atoms with Gasteiger partial charge in [-0.25, -0.2) is 4.98 Å². The normalized spacial score (nSPS) is 18.2. The second-order valence-corrected chi connectivity index (χ2v) is 4.63. The number of carbonyl (C=O) groups excluding carboxylic acids is 2. The molecule has 106 valence electrons. The zero-order valence-electron chi connectivity index (χ0n) is 10.3. The summed E-state index contributed by atoms with van der Waals surface area (Å²) in [6.45, 7) is 0.562. The van der Waals surface area contributed by atoms with E-state index in [2.05, 4.69) is 15.6 Å². The fourth-order valence-electron chi connectivity index (χ4n) is 1.90. The fraction of sp³-hybridized carbons (Fsp3) is 0.364. The number of nitrogens with zero attached hydrogens (tertiary/aromatic N) is 2. The van der Waals surface area contributed by atoms with Gasteiger partial charge in [0.1, 0.15) is 23.0 Å². The van der Waals surface area contributed by atoms with Crippen LogP contribution in [0.15, 0.2) is 12.3 Å². The molecule has 1 aliphatic rings. The minimum Gasteiger partial charge on any atom is -0.354 e. The summed E-state index contributed by atoms with van der Waals surface area (Å²) < 4.78 is 0. The first-order valence-electron chi connectivity index (χ1n) is 5.87. The highest BCUT2D eigenvalue weighted by molar-refractivity contribution is 6.29. The number of carbonyl (C=O) groups is 2. The Labute approximate surface area is 118 Å². The number of hydrogen-bond acceptors (Lipinski definition) is 5. The Balaban J connectivity index is 2.22. The molecule has 0 aromatic carbocycles. The maximum Gasteiger partial charge on any atom is 0.300 e. The number of hydrogen-bond donors (Lipinski definition) is 2. The molecule has 2 N–H and O–H groups in total. The van der Waals surface area contributed by atoms with E-state index >= 15 is 0 Å². The van der Waals surface area contributed by atoms with E-state index in [1.54, 1.807) is 0 Å². The first kappa shape index (κ1) is 14.2. The quantitative estimate of drug-likeness (QED) is 0.483. The Kier molecular flexibility index (Phi) is 4.14. The molecule has 0 radical (unpaired) electrons. The number of piperidine rings is 1. The van der Waals surface area contributed by atoms with Crippen molar-refractivity contribution in [2.45, 2.75) is 18.9 Å². The number of aromatic nitrogens is 1. The van der Waals surface area contributed by atoms with Gasteiger partial charge >= 0.3 is 0 Å². The topological polar surface area (TPSA) is 114 Å². The maximum absolute atomic E-state index is 12.1. The summed E-state index contributed by atoms with van der Waals surface area (Å²) in [5.41, 5.74) is -0.670. The number of amides is 2. The highest BCUT2D eigenvalue weighted by Crippen LogP contribution is 2.20. The lowest BCUT2D eigenvalue weighted by molar-refractivity contribution is -0.385. The molecule has 0 spiro atoms. The van der Waals surface area contributed by atoms with Crippen LogP contribution in [0.1, 0.15) is 23.2 Å². The monoisotopic (exact) mass is 298 g/mol. The molecule has 1 aromatic heterocycles. The molecule has 1 atom stereocenters. The van der Waals surface area contributed by atoms with Crippen molar-refractivity contribution in [1.29, 1.82) is 0 Å². The molecule has 9 heteroatoms. The molecular formula is C11H11ClN4O4. The van der Waals surface area contributed by atoms with Gasteiger partial charge in [0.25, 0.3) is 11.6 Å². The first-order chi connectivity index (χ1) is 9.49. The van der Waals surface area contributed by atoms with Gasteiger partial charge in [-0.3, -0.25) is 19.7 Å². The zero-order valence-corrected chi connectivity index (χ0v) is 11.0. The number of pyridine rings is 1. The van der Waals surface area contributed by atoms with Crippen LogP contribution in [-0.2, 0) is 4.79 Å². The van der Waals surface area contributed by atoms with Gasteiger partial charge in [0.15, 0.2) is 0 Å². The molecule has 0 bridgehead atoms. The largest absolute Gasteiger partial charge is 0.354 e. The second-order valence-electron chi connectivity index (χ2n) is 4.24. The van der Waals surface area contributed by atoms with Gasteiger partial charge < -0.3 is 10.6 Å². The third-order valence-corrected chi connectivity index (χ3v) is 3.09. The summed E-state index contributed by atoms with van der Waals surface area (Å²) in [4.78, 5) is 37.3. The Morgan fingerprint density at radius 3 is 3.00 bits per heavy atom. The van der Waals surface area contributed by atoms with Crippen molar-refractivity contribution in [3.63, 3.8) is 0 Å². The fourth-order valence-corrected chi connectivity index (χ4v) is 2.05. The molecule has 0 aliphatic carbocycles. The van der Waals surface area contributed by atoms with Crippen molar-refractivity contribution in [3.05, 3.63) is 33.1 Å². The average Bonchev–Trinajstić information content (AvgIpc) is 2.40. The molecular weight excluding hydrogens is 288 g/mol. The standard InChI is InChI=1S/C11H11ClN4O4/c12-9-4-6(8(5-14-9)16(19)20)10(17)15-7-2-1-3-13-11(7)18/h4-5,7H,1-3H2,(H,13,18)(H,15,17). The maximum atomic E-state index is 12.1. The van der Waals surface area contributed by atoms with Crippen LogP contribution in [0.2, 0.25) is 5.15 Å². The Bertz CT molecular complexity index is 578. The Morgan fingerprint density at radius 2 is 2.35 bits per heavy atom. The molecule has 2 heterocycles. The predicted molar refractivity (Wildman–Crippen MR) is 69.4 cm³/mol. The average molecular weight is 299 g/mol. The molecule has 1 unspecified atom stereocenters. The lowest BCUT2D eigenvalue weighted by Gasteiger charge is -2.22. The molecule has 8 nitrogen and oxygen atoms in total. The Hall–Kier alpha value is -2.22. The van der Waals surface area contributed by atoms with Crippen LogP contribution in [0.5, 0.6) is 0 Å². The number of nitro groups is 1. The highest BCUT2D eigenvalue weighted by Gasteiger charge is 2.27. The highest BCUT2D eigenvalue weighted by atomic mass is 35.5. The molecule has 2 rings (SSSR count). The summed E-state index contributed by atoms with van der Waals surface area (Å²) >= 11 is 5.64. The zero-order chi connectivity index (χ0) is 14.7. The third-order valence-electron chi connectivity index (χ3n) is 2.88. The van der Waals surface area contributed by atoms with Crippen LogP contribution in [0, 0.1) is 10.1 Å². The summed E-state index contributed by atoms with van der Waals surface area (Å²) in [7, 11) is 0. The van der Waals surface area contributed by atoms with Crippen molar-refractivity contribution in [2.75, 3.05) is 6.54 Å². The SMILES string of the molecule is O=C(NC1CCCNC1=O)c1cc(Cl)ncc1[N+](=O)[O-]. The first-order valence-corrected chi connectivity index (χ1v) is 6.25. The molecule has 1 aliphatic heterocycles. The third kappa shape index (κ3) is 3.02. The minimum atomic E-state index is -0.723. The molecule has 0 saturated carbocycles. The van der Waals surface area contributed by atoms with E-state index in [0.29, 0.717) is 13.0 Å². The molecule has 1 fully saturated rings. The lowest BCUT2D eigenvalue weighted by atomic mass is 10.1. The van der Waals surface area contributed by atoms with E-state index in [1.165, 1.54) is 0 Å². The van der Waals surface area contributed by atoms with Crippen molar-refractivity contribution >= 4 is 29.1 Å².